The van der Waals surface area contributed by atoms with Gasteiger partial charge < -0.3 is 20.7 Å². The Hall–Kier alpha value is -2.94. The molecule has 1 aliphatic carbocycles. The van der Waals surface area contributed by atoms with E-state index in [-0.39, 0.29) is 33.7 Å². The number of piperidine rings is 1. The normalized spacial score (nSPS) is 20.5. The molecule has 2 fully saturated rings. The average molecular weight is 544 g/mol. The van der Waals surface area contributed by atoms with Crippen molar-refractivity contribution in [1.82, 2.24) is 20.2 Å². The van der Waals surface area contributed by atoms with Gasteiger partial charge in [0.05, 0.1) is 16.9 Å². The summed E-state index contributed by atoms with van der Waals surface area (Å²) in [6.07, 6.45) is 5.04. The number of halogens is 3. The number of benzene rings is 2. The Morgan fingerprint density at radius 1 is 1.22 bits per heavy atom. The molecule has 2 aromatic carbocycles. The largest absolute Gasteiger partial charge is 0.467 e. The lowest BCUT2D eigenvalue weighted by Gasteiger charge is -2.38. The summed E-state index contributed by atoms with van der Waals surface area (Å²) in [6, 6.07) is 11.4. The van der Waals surface area contributed by atoms with Crippen LogP contribution < -0.4 is 15.8 Å². The minimum atomic E-state index is -0.732. The number of nitrogens with one attached hydrogen (secondary N) is 1. The van der Waals surface area contributed by atoms with Crippen LogP contribution >= 0.6 is 23.2 Å². The van der Waals surface area contributed by atoms with Gasteiger partial charge >= 0.3 is 0 Å². The van der Waals surface area contributed by atoms with Gasteiger partial charge in [-0.05, 0) is 43.9 Å². The molecule has 0 radical (unpaired) electrons. The number of nitrogens with zero attached hydrogens (tertiary/aromatic N) is 3. The van der Waals surface area contributed by atoms with Crippen molar-refractivity contribution in [3.8, 4) is 17.1 Å². The highest BCUT2D eigenvalue weighted by molar-refractivity contribution is 6.36. The topological polar surface area (TPSA) is 93.4 Å². The quantitative estimate of drug-likeness (QED) is 0.292. The molecule has 37 heavy (non-hydrogen) atoms. The molecule has 194 valence electrons. The smallest absolute Gasteiger partial charge is 0.258 e. The fourth-order valence-electron chi connectivity index (χ4n) is 4.93. The first-order chi connectivity index (χ1) is 17.9. The summed E-state index contributed by atoms with van der Waals surface area (Å²) < 4.78 is 20.1. The molecule has 7 nitrogen and oxygen atoms in total. The number of amides is 1. The highest BCUT2D eigenvalue weighted by Crippen LogP contribution is 2.38. The van der Waals surface area contributed by atoms with E-state index in [1.54, 1.807) is 13.1 Å². The Balaban J connectivity index is 1.48. The number of nitrogen functional groups attached to an aromatic ring is 1. The van der Waals surface area contributed by atoms with Gasteiger partial charge in [0.1, 0.15) is 11.9 Å². The highest BCUT2D eigenvalue weighted by atomic mass is 35.5. The number of rotatable bonds is 8. The lowest BCUT2D eigenvalue weighted by Crippen LogP contribution is -2.48. The summed E-state index contributed by atoms with van der Waals surface area (Å²) in [5, 5.41) is 3.93. The molecule has 3 N–H and O–H groups in total. The Bertz CT molecular complexity index is 1310. The van der Waals surface area contributed by atoms with E-state index in [2.05, 4.69) is 21.4 Å². The number of ether oxygens (including phenoxy) is 1. The number of hydrogen-bond acceptors (Lipinski definition) is 6. The molecular weight excluding hydrogens is 516 g/mol. The molecule has 3 aromatic rings. The minimum Gasteiger partial charge on any atom is -0.467 e. The van der Waals surface area contributed by atoms with E-state index in [1.165, 1.54) is 25.0 Å². The monoisotopic (exact) mass is 543 g/mol. The third-order valence-electron chi connectivity index (χ3n) is 7.00. The van der Waals surface area contributed by atoms with Crippen molar-refractivity contribution < 1.29 is 13.9 Å². The maximum Gasteiger partial charge on any atom is 0.258 e. The molecule has 1 saturated heterocycles. The number of aromatic nitrogens is 2. The second kappa shape index (κ2) is 10.8. The van der Waals surface area contributed by atoms with Crippen LogP contribution in [0.3, 0.4) is 0 Å². The molecule has 0 bridgehead atoms. The zero-order valence-corrected chi connectivity index (χ0v) is 21.8. The van der Waals surface area contributed by atoms with Crippen LogP contribution in [0.5, 0.6) is 5.88 Å². The van der Waals surface area contributed by atoms with Crippen LogP contribution in [0.1, 0.15) is 49.3 Å². The molecule has 0 spiro atoms. The van der Waals surface area contributed by atoms with Crippen molar-refractivity contribution in [2.75, 3.05) is 18.8 Å². The van der Waals surface area contributed by atoms with Crippen molar-refractivity contribution in [2.45, 2.75) is 50.3 Å². The summed E-state index contributed by atoms with van der Waals surface area (Å²) in [5.41, 5.74) is 8.95. The van der Waals surface area contributed by atoms with E-state index in [9.17, 15) is 9.18 Å². The molecule has 2 heterocycles. The molecule has 3 unspecified atom stereocenters. The number of likely N-dealkylation sites (tertiary alicyclic amines) is 1. The van der Waals surface area contributed by atoms with Gasteiger partial charge in [0.25, 0.3) is 5.88 Å². The van der Waals surface area contributed by atoms with Crippen molar-refractivity contribution in [3.05, 3.63) is 69.6 Å². The molecule has 10 heteroatoms. The third kappa shape index (κ3) is 5.51. The first-order valence-electron chi connectivity index (χ1n) is 12.3. The maximum atomic E-state index is 14.1. The Morgan fingerprint density at radius 2 is 2.00 bits per heavy atom. The summed E-state index contributed by atoms with van der Waals surface area (Å²) in [4.78, 5) is 22.5. The minimum absolute atomic E-state index is 0.0864. The number of anilines is 1. The average Bonchev–Trinajstić information content (AvgIpc) is 3.72. The third-order valence-corrected chi connectivity index (χ3v) is 7.71. The molecule has 1 saturated carbocycles. The standard InChI is InChI=1S/C27H28Cl2FN5O2/c1-15(24-20(28)8-9-21(30)25(24)29)37-27-26(31)32-12-23(34-27)18-5-3-2-4-17(18)19-13-35(14-36)11-10-22(19)33-16-6-7-16/h2-5,8-9,12,14-16,19,22,33H,6-7,10-11,13H2,1H3,(H2,31,32). The Kier molecular flexibility index (Phi) is 7.51. The summed E-state index contributed by atoms with van der Waals surface area (Å²) in [5.74, 6) is -0.315. The zero-order chi connectivity index (χ0) is 26.1. The van der Waals surface area contributed by atoms with Gasteiger partial charge in [-0.25, -0.2) is 14.4 Å². The molecule has 1 aliphatic heterocycles. The predicted molar refractivity (Wildman–Crippen MR) is 142 cm³/mol. The molecular formula is C27H28Cl2FN5O2. The van der Waals surface area contributed by atoms with Crippen LogP contribution in [0.4, 0.5) is 10.2 Å². The second-order valence-electron chi connectivity index (χ2n) is 9.59. The SMILES string of the molecule is CC(Oc1nc(-c2ccccc2C2CN(C=O)CCC2NC2CC2)cnc1N)c1c(Cl)ccc(F)c1Cl. The number of carbonyl (C=O) groups excluding carboxylic acids is 1. The zero-order valence-electron chi connectivity index (χ0n) is 20.3. The molecule has 1 amide bonds. The van der Waals surface area contributed by atoms with E-state index in [4.69, 9.17) is 33.7 Å². The molecule has 2 aliphatic rings. The van der Waals surface area contributed by atoms with Gasteiger partial charge in [0.15, 0.2) is 5.82 Å². The van der Waals surface area contributed by atoms with E-state index >= 15 is 0 Å². The fourth-order valence-corrected chi connectivity index (χ4v) is 5.61. The van der Waals surface area contributed by atoms with Crippen LogP contribution in [0, 0.1) is 5.82 Å². The maximum absolute atomic E-state index is 14.1. The van der Waals surface area contributed by atoms with Crippen LogP contribution in [-0.2, 0) is 4.79 Å². The van der Waals surface area contributed by atoms with Gasteiger partial charge in [-0.1, -0.05) is 47.5 Å². The summed E-state index contributed by atoms with van der Waals surface area (Å²) in [6.45, 7) is 3.04. The predicted octanol–water partition coefficient (Wildman–Crippen LogP) is 5.38. The van der Waals surface area contributed by atoms with E-state index in [0.29, 0.717) is 23.8 Å². The first-order valence-corrected chi connectivity index (χ1v) is 13.1. The van der Waals surface area contributed by atoms with Gasteiger partial charge in [-0.15, -0.1) is 0 Å². The van der Waals surface area contributed by atoms with Gasteiger partial charge in [0.2, 0.25) is 6.41 Å². The van der Waals surface area contributed by atoms with Crippen LogP contribution in [0.25, 0.3) is 11.3 Å². The molecule has 5 rings (SSSR count). The van der Waals surface area contributed by atoms with Crippen molar-refractivity contribution in [1.29, 1.82) is 0 Å². The summed E-state index contributed by atoms with van der Waals surface area (Å²) in [7, 11) is 0. The van der Waals surface area contributed by atoms with Gasteiger partial charge in [0, 0.05) is 47.2 Å². The lowest BCUT2D eigenvalue weighted by atomic mass is 9.83. The molecule has 1 aromatic heterocycles. The lowest BCUT2D eigenvalue weighted by molar-refractivity contribution is -0.119. The van der Waals surface area contributed by atoms with Crippen LogP contribution in [0.15, 0.2) is 42.6 Å². The van der Waals surface area contributed by atoms with Crippen molar-refractivity contribution in [2.24, 2.45) is 0 Å². The van der Waals surface area contributed by atoms with Crippen molar-refractivity contribution >= 4 is 35.4 Å². The van der Waals surface area contributed by atoms with Gasteiger partial charge in [-0.3, -0.25) is 4.79 Å². The van der Waals surface area contributed by atoms with Crippen molar-refractivity contribution in [3.63, 3.8) is 0 Å². The van der Waals surface area contributed by atoms with Crippen LogP contribution in [0.2, 0.25) is 10.0 Å². The number of hydrogen-bond donors (Lipinski definition) is 2. The Morgan fingerprint density at radius 3 is 2.76 bits per heavy atom. The number of carbonyl (C=O) groups is 1. The van der Waals surface area contributed by atoms with Crippen LogP contribution in [-0.4, -0.2) is 46.5 Å². The second-order valence-corrected chi connectivity index (χ2v) is 10.4. The fraction of sp³-hybridized carbons (Fsp3) is 0.370. The van der Waals surface area contributed by atoms with E-state index in [1.807, 2.05) is 23.1 Å². The Labute approximate surface area is 225 Å². The van der Waals surface area contributed by atoms with E-state index in [0.717, 1.165) is 30.5 Å². The summed E-state index contributed by atoms with van der Waals surface area (Å²) >= 11 is 12.5. The molecule has 3 atom stereocenters. The van der Waals surface area contributed by atoms with Gasteiger partial charge in [-0.2, -0.15) is 0 Å². The number of nitrogens with two attached hydrogens (primary N) is 1. The first kappa shape index (κ1) is 25.7. The van der Waals surface area contributed by atoms with E-state index < -0.39 is 11.9 Å². The highest BCUT2D eigenvalue weighted by Gasteiger charge is 2.35.